The number of sulfonamides is 1. The predicted molar refractivity (Wildman–Crippen MR) is 116 cm³/mol. The highest BCUT2D eigenvalue weighted by atomic mass is 32.2. The van der Waals surface area contributed by atoms with Crippen LogP contribution in [0.3, 0.4) is 0 Å². The molecule has 1 saturated heterocycles. The molecule has 1 heterocycles. The highest BCUT2D eigenvalue weighted by molar-refractivity contribution is 7.88. The number of nitrogens with one attached hydrogen (secondary N) is 3. The summed E-state index contributed by atoms with van der Waals surface area (Å²) in [6.45, 7) is 9.35. The molecule has 1 aliphatic heterocycles. The zero-order valence-corrected chi connectivity index (χ0v) is 18.6. The van der Waals surface area contributed by atoms with E-state index in [0.29, 0.717) is 18.5 Å². The fourth-order valence-electron chi connectivity index (χ4n) is 3.53. The van der Waals surface area contributed by atoms with Crippen LogP contribution in [-0.4, -0.2) is 63.8 Å². The summed E-state index contributed by atoms with van der Waals surface area (Å²) in [5, 5.41) is 6.70. The molecule has 0 saturated carbocycles. The van der Waals surface area contributed by atoms with Gasteiger partial charge in [-0.2, -0.15) is 0 Å². The maximum absolute atomic E-state index is 11.5. The minimum atomic E-state index is -3.25. The van der Waals surface area contributed by atoms with E-state index in [1.165, 1.54) is 17.4 Å². The maximum Gasteiger partial charge on any atom is 0.209 e. The van der Waals surface area contributed by atoms with Gasteiger partial charge in [-0.3, -0.25) is 9.89 Å². The Hall–Kier alpha value is -1.64. The summed E-state index contributed by atoms with van der Waals surface area (Å²) >= 11 is 0. The fourth-order valence-corrected chi connectivity index (χ4v) is 4.61. The van der Waals surface area contributed by atoms with Gasteiger partial charge in [-0.25, -0.2) is 13.1 Å². The number of hydrogen-bond donors (Lipinski definition) is 3. The molecular formula is C20H35N5O2S. The van der Waals surface area contributed by atoms with Crippen molar-refractivity contribution >= 4 is 16.0 Å². The Morgan fingerprint density at radius 1 is 1.29 bits per heavy atom. The second kappa shape index (κ2) is 9.71. The summed E-state index contributed by atoms with van der Waals surface area (Å²) in [7, 11) is -1.52. The third kappa shape index (κ3) is 8.16. The van der Waals surface area contributed by atoms with Gasteiger partial charge in [0.05, 0.1) is 6.26 Å². The molecule has 1 aromatic rings. The lowest BCUT2D eigenvalue weighted by Crippen LogP contribution is -2.55. The van der Waals surface area contributed by atoms with Crippen molar-refractivity contribution in [3.63, 3.8) is 0 Å². The van der Waals surface area contributed by atoms with E-state index in [4.69, 9.17) is 0 Å². The van der Waals surface area contributed by atoms with Crippen LogP contribution in [0.15, 0.2) is 29.3 Å². The molecule has 158 valence electrons. The Balaban J connectivity index is 1.77. The molecule has 28 heavy (non-hydrogen) atoms. The van der Waals surface area contributed by atoms with E-state index >= 15 is 0 Å². The number of rotatable bonds is 7. The molecule has 0 unspecified atom stereocenters. The van der Waals surface area contributed by atoms with E-state index < -0.39 is 15.6 Å². The largest absolute Gasteiger partial charge is 0.355 e. The zero-order valence-electron chi connectivity index (χ0n) is 17.7. The average molecular weight is 410 g/mol. The van der Waals surface area contributed by atoms with Crippen LogP contribution in [0.4, 0.5) is 0 Å². The molecule has 0 radical (unpaired) electrons. The monoisotopic (exact) mass is 409 g/mol. The Morgan fingerprint density at radius 2 is 1.96 bits per heavy atom. The smallest absolute Gasteiger partial charge is 0.209 e. The zero-order chi connectivity index (χ0) is 20.8. The first-order valence-corrected chi connectivity index (χ1v) is 11.7. The van der Waals surface area contributed by atoms with Gasteiger partial charge in [0, 0.05) is 44.8 Å². The van der Waals surface area contributed by atoms with Crippen molar-refractivity contribution in [3.05, 3.63) is 35.4 Å². The fraction of sp³-hybridized carbons (Fsp3) is 0.650. The number of piperidine rings is 1. The van der Waals surface area contributed by atoms with Gasteiger partial charge in [-0.05, 0) is 39.2 Å². The standard InChI is InChI=1S/C20H35N5O2S/c1-16-7-6-8-17(13-16)14-25-11-9-18(10-12-25)23-19(21-4)22-15-20(2,3)24-28(5,26)27/h6-8,13,18,24H,9-12,14-15H2,1-5H3,(H2,21,22,23). The number of aryl methyl sites for hydroxylation is 1. The van der Waals surface area contributed by atoms with Gasteiger partial charge in [0.25, 0.3) is 0 Å². The molecule has 2 rings (SSSR count). The third-order valence-corrected chi connectivity index (χ3v) is 5.72. The lowest BCUT2D eigenvalue weighted by atomic mass is 10.0. The van der Waals surface area contributed by atoms with Crippen LogP contribution in [-0.2, 0) is 16.6 Å². The molecule has 1 fully saturated rings. The molecule has 0 amide bonds. The van der Waals surface area contributed by atoms with Crippen molar-refractivity contribution in [2.75, 3.05) is 32.9 Å². The summed E-state index contributed by atoms with van der Waals surface area (Å²) in [5.41, 5.74) is 2.07. The molecular weight excluding hydrogens is 374 g/mol. The van der Waals surface area contributed by atoms with Gasteiger partial charge in [0.1, 0.15) is 0 Å². The van der Waals surface area contributed by atoms with Gasteiger partial charge in [-0.1, -0.05) is 29.8 Å². The van der Waals surface area contributed by atoms with Crippen LogP contribution in [0, 0.1) is 6.92 Å². The van der Waals surface area contributed by atoms with E-state index in [-0.39, 0.29) is 0 Å². The Kier molecular flexibility index (Phi) is 7.86. The summed E-state index contributed by atoms with van der Waals surface area (Å²) in [5.74, 6) is 0.709. The second-order valence-electron chi connectivity index (χ2n) is 8.37. The molecule has 0 aromatic heterocycles. The minimum Gasteiger partial charge on any atom is -0.355 e. The van der Waals surface area contributed by atoms with E-state index in [1.54, 1.807) is 7.05 Å². The van der Waals surface area contributed by atoms with Crippen molar-refractivity contribution in [1.29, 1.82) is 0 Å². The number of nitrogens with zero attached hydrogens (tertiary/aromatic N) is 2. The van der Waals surface area contributed by atoms with Crippen molar-refractivity contribution in [1.82, 2.24) is 20.3 Å². The highest BCUT2D eigenvalue weighted by Gasteiger charge is 2.24. The van der Waals surface area contributed by atoms with E-state index in [1.807, 2.05) is 13.8 Å². The summed E-state index contributed by atoms with van der Waals surface area (Å²) in [6, 6.07) is 9.06. The first-order chi connectivity index (χ1) is 13.1. The lowest BCUT2D eigenvalue weighted by Gasteiger charge is -2.33. The minimum absolute atomic E-state index is 0.367. The van der Waals surface area contributed by atoms with Crippen LogP contribution in [0.5, 0.6) is 0 Å². The van der Waals surface area contributed by atoms with Gasteiger partial charge in [-0.15, -0.1) is 0 Å². The molecule has 0 bridgehead atoms. The van der Waals surface area contributed by atoms with Crippen LogP contribution in [0.1, 0.15) is 37.8 Å². The van der Waals surface area contributed by atoms with Gasteiger partial charge in [0.2, 0.25) is 10.0 Å². The van der Waals surface area contributed by atoms with Crippen molar-refractivity contribution in [2.45, 2.75) is 51.7 Å². The van der Waals surface area contributed by atoms with Gasteiger partial charge in [0.15, 0.2) is 5.96 Å². The SMILES string of the molecule is CN=C(NCC(C)(C)NS(C)(=O)=O)NC1CCN(Cc2cccc(C)c2)CC1. The van der Waals surface area contributed by atoms with Crippen LogP contribution in [0.25, 0.3) is 0 Å². The second-order valence-corrected chi connectivity index (χ2v) is 10.1. The summed E-state index contributed by atoms with van der Waals surface area (Å²) < 4.78 is 25.6. The van der Waals surface area contributed by atoms with Crippen molar-refractivity contribution in [2.24, 2.45) is 4.99 Å². The summed E-state index contributed by atoms with van der Waals surface area (Å²) in [6.07, 6.45) is 3.28. The number of guanidine groups is 1. The van der Waals surface area contributed by atoms with E-state index in [9.17, 15) is 8.42 Å². The first-order valence-electron chi connectivity index (χ1n) is 9.80. The summed E-state index contributed by atoms with van der Waals surface area (Å²) in [4.78, 5) is 6.77. The topological polar surface area (TPSA) is 85.8 Å². The predicted octanol–water partition coefficient (Wildman–Crippen LogP) is 1.45. The van der Waals surface area contributed by atoms with Crippen LogP contribution in [0.2, 0.25) is 0 Å². The number of benzene rings is 1. The normalized spacial score (nSPS) is 17.5. The number of hydrogen-bond acceptors (Lipinski definition) is 4. The Bertz CT molecular complexity index is 769. The first kappa shape index (κ1) is 22.6. The lowest BCUT2D eigenvalue weighted by molar-refractivity contribution is 0.198. The van der Waals surface area contributed by atoms with E-state index in [2.05, 4.69) is 56.4 Å². The molecule has 3 N–H and O–H groups in total. The van der Waals surface area contributed by atoms with Gasteiger partial charge >= 0.3 is 0 Å². The molecule has 0 spiro atoms. The molecule has 0 atom stereocenters. The highest BCUT2D eigenvalue weighted by Crippen LogP contribution is 2.14. The quantitative estimate of drug-likeness (QED) is 0.469. The number of aliphatic imine (C=N–C) groups is 1. The van der Waals surface area contributed by atoms with Crippen molar-refractivity contribution < 1.29 is 8.42 Å². The van der Waals surface area contributed by atoms with Gasteiger partial charge < -0.3 is 10.6 Å². The van der Waals surface area contributed by atoms with Crippen molar-refractivity contribution in [3.8, 4) is 0 Å². The molecule has 0 aliphatic carbocycles. The molecule has 8 heteroatoms. The molecule has 7 nitrogen and oxygen atoms in total. The van der Waals surface area contributed by atoms with Crippen LogP contribution >= 0.6 is 0 Å². The van der Waals surface area contributed by atoms with Crippen LogP contribution < -0.4 is 15.4 Å². The average Bonchev–Trinajstić information content (AvgIpc) is 2.58. The Morgan fingerprint density at radius 3 is 2.54 bits per heavy atom. The third-order valence-electron chi connectivity index (χ3n) is 4.80. The molecule has 1 aliphatic rings. The maximum atomic E-state index is 11.5. The number of likely N-dealkylation sites (tertiary alicyclic amines) is 1. The molecule has 1 aromatic carbocycles. The van der Waals surface area contributed by atoms with E-state index in [0.717, 1.165) is 32.5 Å². The Labute approximate surface area is 170 Å².